The minimum atomic E-state index is -0.190. The molecule has 10 aromatic rings. The molecule has 5 nitrogen and oxygen atoms in total. The first-order chi connectivity index (χ1) is 41.2. The van der Waals surface area contributed by atoms with Gasteiger partial charge in [-0.2, -0.15) is 0 Å². The van der Waals surface area contributed by atoms with E-state index in [-0.39, 0.29) is 39.5 Å². The van der Waals surface area contributed by atoms with Gasteiger partial charge in [-0.25, -0.2) is 0 Å². The van der Waals surface area contributed by atoms with Gasteiger partial charge in [-0.1, -0.05) is 184 Å². The van der Waals surface area contributed by atoms with Gasteiger partial charge in [-0.3, -0.25) is 0 Å². The van der Waals surface area contributed by atoms with Crippen molar-refractivity contribution < 1.29 is 4.42 Å². The molecule has 86 heavy (non-hydrogen) atoms. The van der Waals surface area contributed by atoms with E-state index in [0.717, 1.165) is 46.9 Å². The molecule has 4 atom stereocenters. The number of anilines is 10. The molecule has 4 unspecified atom stereocenters. The van der Waals surface area contributed by atoms with Crippen LogP contribution in [0.2, 0.25) is 0 Å². The molecule has 0 radical (unpaired) electrons. The molecule has 0 bridgehead atoms. The van der Waals surface area contributed by atoms with Crippen LogP contribution < -0.4 is 36.0 Å². The van der Waals surface area contributed by atoms with Gasteiger partial charge >= 0.3 is 0 Å². The van der Waals surface area contributed by atoms with Crippen molar-refractivity contribution >= 4 is 102 Å². The van der Waals surface area contributed by atoms with Crippen LogP contribution in [0.1, 0.15) is 154 Å². The topological polar surface area (TPSA) is 26.1 Å². The number of rotatable bonds is 5. The summed E-state index contributed by atoms with van der Waals surface area (Å²) in [5, 5.41) is 2.26. The second kappa shape index (κ2) is 18.3. The summed E-state index contributed by atoms with van der Waals surface area (Å²) in [6, 6.07) is 68.8. The molecular weight excluding hydrogens is 1040 g/mol. The van der Waals surface area contributed by atoms with Crippen LogP contribution in [-0.4, -0.2) is 17.8 Å². The molecule has 0 amide bonds. The number of nitrogens with zero attached hydrogens (tertiary/aromatic N) is 4. The lowest BCUT2D eigenvalue weighted by Crippen LogP contribution is -2.62. The maximum Gasteiger partial charge on any atom is 0.252 e. The molecule has 6 heteroatoms. The molecule has 0 spiro atoms. The fraction of sp³-hybridized carbons (Fsp3) is 0.325. The first-order valence-electron chi connectivity index (χ1n) is 32.2. The number of benzene rings is 9. The van der Waals surface area contributed by atoms with Crippen molar-refractivity contribution in [1.82, 2.24) is 0 Å². The maximum absolute atomic E-state index is 6.92. The van der Waals surface area contributed by atoms with Gasteiger partial charge in [0.2, 0.25) is 0 Å². The summed E-state index contributed by atoms with van der Waals surface area (Å²) in [6.45, 7) is 29.1. The van der Waals surface area contributed by atoms with Gasteiger partial charge in [0.15, 0.2) is 0 Å². The molecule has 0 saturated heterocycles. The molecular formula is C80H81BN4O. The summed E-state index contributed by atoms with van der Waals surface area (Å²) in [7, 11) is 0. The molecule has 2 aliphatic carbocycles. The quantitative estimate of drug-likeness (QED) is 0.160. The number of para-hydroxylation sites is 2. The third kappa shape index (κ3) is 7.25. The zero-order valence-electron chi connectivity index (χ0n) is 52.7. The molecule has 5 heterocycles. The lowest BCUT2D eigenvalue weighted by Gasteiger charge is -2.51. The van der Waals surface area contributed by atoms with Crippen molar-refractivity contribution in [3.63, 3.8) is 0 Å². The Morgan fingerprint density at radius 2 is 1.03 bits per heavy atom. The van der Waals surface area contributed by atoms with Crippen LogP contribution in [0.4, 0.5) is 56.9 Å². The lowest BCUT2D eigenvalue weighted by molar-refractivity contribution is 0.194. The number of fused-ring (bicyclic) bond motifs is 13. The standard InChI is InChI=1S/C80H81BN4O/c1-50-43-51(2)73-67(44-50)84(80(12)42-23-21-40-78(73,80)10)55-35-36-60-66(47-55)83(65-30-24-32-71-72(65)57-27-16-19-31-70(57)86-71)69-49-56(85-63-29-18-17-28-59(63)77(9)39-20-22-41-79(77,85)11)48-68-74(69)81(60)61-46-54(76(6,7)8)34-38-64(61)82(68)62-37-33-53(75(3,4)5)45-58(62)52-25-14-13-15-26-52/h13-19,24-38,43-49H,20-23,39-42H2,1-12H3. The minimum Gasteiger partial charge on any atom is -0.456 e. The Balaban J connectivity index is 1.06. The third-order valence-corrected chi connectivity index (χ3v) is 22.8. The highest BCUT2D eigenvalue weighted by atomic mass is 16.3. The van der Waals surface area contributed by atoms with Gasteiger partial charge in [-0.05, 0) is 192 Å². The SMILES string of the molecule is Cc1cc(C)c2c(c1)N(c1ccc3c(c1)N(c1cccc4oc5ccccc5c14)c1cc(N4c5ccccc5C5(C)CCCCC45C)cc4c1B3c1cc(C(C)(C)C)ccc1N4c1ccc(C(C)(C)C)cc1-c1ccccc1)C1(C)CCCCC21C. The van der Waals surface area contributed by atoms with Crippen molar-refractivity contribution in [2.24, 2.45) is 0 Å². The average Bonchev–Trinajstić information content (AvgIpc) is 1.25. The van der Waals surface area contributed by atoms with Crippen LogP contribution >= 0.6 is 0 Å². The Kier molecular flexibility index (Phi) is 11.4. The van der Waals surface area contributed by atoms with E-state index in [1.165, 1.54) is 144 Å². The van der Waals surface area contributed by atoms with Gasteiger partial charge in [0.05, 0.1) is 27.8 Å². The zero-order valence-corrected chi connectivity index (χ0v) is 52.7. The van der Waals surface area contributed by atoms with Crippen molar-refractivity contribution in [2.45, 2.75) is 167 Å². The van der Waals surface area contributed by atoms with Crippen molar-refractivity contribution in [3.05, 3.63) is 209 Å². The number of hydrogen-bond acceptors (Lipinski definition) is 5. The Hall–Kier alpha value is -7.96. The van der Waals surface area contributed by atoms with E-state index in [2.05, 4.69) is 279 Å². The van der Waals surface area contributed by atoms with Gasteiger partial charge in [-0.15, -0.1) is 0 Å². The van der Waals surface area contributed by atoms with Crippen molar-refractivity contribution in [3.8, 4) is 11.1 Å². The van der Waals surface area contributed by atoms with E-state index in [4.69, 9.17) is 4.42 Å². The fourth-order valence-electron chi connectivity index (χ4n) is 18.1. The van der Waals surface area contributed by atoms with E-state index < -0.39 is 0 Å². The molecule has 0 N–H and O–H groups in total. The van der Waals surface area contributed by atoms with Crippen LogP contribution in [0.5, 0.6) is 0 Å². The second-order valence-corrected chi connectivity index (χ2v) is 29.7. The second-order valence-electron chi connectivity index (χ2n) is 29.7. The number of aryl methyl sites for hydroxylation is 2. The molecule has 6 aliphatic rings. The molecule has 2 fully saturated rings. The summed E-state index contributed by atoms with van der Waals surface area (Å²) < 4.78 is 6.92. The van der Waals surface area contributed by atoms with Crippen LogP contribution in [0.3, 0.4) is 0 Å². The predicted octanol–water partition coefficient (Wildman–Crippen LogP) is 20.0. The highest BCUT2D eigenvalue weighted by molar-refractivity contribution is 7.00. The summed E-state index contributed by atoms with van der Waals surface area (Å²) >= 11 is 0. The van der Waals surface area contributed by atoms with Crippen molar-refractivity contribution in [2.75, 3.05) is 19.6 Å². The summed E-state index contributed by atoms with van der Waals surface area (Å²) in [5.41, 5.74) is 28.4. The van der Waals surface area contributed by atoms with Crippen LogP contribution in [0, 0.1) is 13.8 Å². The molecule has 9 aromatic carbocycles. The smallest absolute Gasteiger partial charge is 0.252 e. The van der Waals surface area contributed by atoms with Crippen LogP contribution in [0.15, 0.2) is 180 Å². The monoisotopic (exact) mass is 1120 g/mol. The van der Waals surface area contributed by atoms with E-state index in [0.29, 0.717) is 0 Å². The maximum atomic E-state index is 6.92. The Morgan fingerprint density at radius 1 is 0.442 bits per heavy atom. The van der Waals surface area contributed by atoms with E-state index in [1.54, 1.807) is 0 Å². The third-order valence-electron chi connectivity index (χ3n) is 22.8. The molecule has 430 valence electrons. The molecule has 2 saturated carbocycles. The van der Waals surface area contributed by atoms with Crippen LogP contribution in [-0.2, 0) is 21.7 Å². The largest absolute Gasteiger partial charge is 0.456 e. The number of furan rings is 1. The van der Waals surface area contributed by atoms with Gasteiger partial charge < -0.3 is 24.0 Å². The molecule has 1 aromatic heterocycles. The summed E-state index contributed by atoms with van der Waals surface area (Å²) in [5.74, 6) is 0. The summed E-state index contributed by atoms with van der Waals surface area (Å²) in [6.07, 6.45) is 9.45. The van der Waals surface area contributed by atoms with E-state index in [1.807, 2.05) is 0 Å². The minimum absolute atomic E-state index is 0.0137. The predicted molar refractivity (Wildman–Crippen MR) is 366 cm³/mol. The molecule has 4 aliphatic heterocycles. The van der Waals surface area contributed by atoms with E-state index >= 15 is 0 Å². The lowest BCUT2D eigenvalue weighted by atomic mass is 9.33. The highest BCUT2D eigenvalue weighted by Crippen LogP contribution is 2.64. The van der Waals surface area contributed by atoms with Gasteiger partial charge in [0, 0.05) is 67.3 Å². The normalized spacial score (nSPS) is 22.8. The first kappa shape index (κ1) is 53.5. The fourth-order valence-corrected chi connectivity index (χ4v) is 18.1. The summed E-state index contributed by atoms with van der Waals surface area (Å²) in [4.78, 5) is 11.0. The van der Waals surface area contributed by atoms with Gasteiger partial charge in [0.25, 0.3) is 6.71 Å². The van der Waals surface area contributed by atoms with E-state index in [9.17, 15) is 0 Å². The van der Waals surface area contributed by atoms with Crippen molar-refractivity contribution in [1.29, 1.82) is 0 Å². The Labute approximate surface area is 510 Å². The first-order valence-corrected chi connectivity index (χ1v) is 32.2. The Morgan fingerprint density at radius 3 is 1.78 bits per heavy atom. The molecule has 16 rings (SSSR count). The zero-order chi connectivity index (χ0) is 59.2. The average molecular weight is 1130 g/mol. The number of hydrogen-bond donors (Lipinski definition) is 0. The van der Waals surface area contributed by atoms with Crippen LogP contribution in [0.25, 0.3) is 33.1 Å². The van der Waals surface area contributed by atoms with Gasteiger partial charge in [0.1, 0.15) is 11.2 Å². The Bertz CT molecular complexity index is 4480. The highest BCUT2D eigenvalue weighted by Gasteiger charge is 2.60.